The number of carbonyl (C=O) groups excluding carboxylic acids is 2. The van der Waals surface area contributed by atoms with Gasteiger partial charge in [-0.3, -0.25) is 10.1 Å². The van der Waals surface area contributed by atoms with Crippen molar-refractivity contribution in [2.24, 2.45) is 0 Å². The highest BCUT2D eigenvalue weighted by Gasteiger charge is 2.34. The number of fused-ring (bicyclic) bond motifs is 3. The molecule has 1 aromatic heterocycles. The second-order valence-electron chi connectivity index (χ2n) is 9.38. The number of nitrogens with one attached hydrogen (secondary N) is 2. The van der Waals surface area contributed by atoms with Crippen LogP contribution in [0.25, 0.3) is 10.9 Å². The molecule has 202 valence electrons. The summed E-state index contributed by atoms with van der Waals surface area (Å²) in [6, 6.07) is 20.6. The van der Waals surface area contributed by atoms with E-state index in [1.54, 1.807) is 26.2 Å². The van der Waals surface area contributed by atoms with E-state index >= 15 is 0 Å². The molecule has 5 rings (SSSR count). The average molecular weight is 529 g/mol. The first-order valence-electron chi connectivity index (χ1n) is 13.0. The molecule has 4 aromatic rings. The summed E-state index contributed by atoms with van der Waals surface area (Å²) in [7, 11) is 3.03. The van der Waals surface area contributed by atoms with Gasteiger partial charge in [-0.25, -0.2) is 4.79 Å². The summed E-state index contributed by atoms with van der Waals surface area (Å²) in [6.07, 6.45) is 0.536. The molecular weight excluding hydrogens is 496 g/mol. The normalized spacial score (nSPS) is 16.5. The van der Waals surface area contributed by atoms with Crippen LogP contribution in [0.15, 0.2) is 66.7 Å². The smallest absolute Gasteiger partial charge is 0.338 e. The number of hydrogen-bond donors (Lipinski definition) is 2. The van der Waals surface area contributed by atoms with Crippen LogP contribution in [0.1, 0.15) is 51.3 Å². The van der Waals surface area contributed by atoms with Crippen molar-refractivity contribution in [1.82, 2.24) is 10.3 Å². The molecule has 2 heterocycles. The molecule has 0 aliphatic carbocycles. The Kier molecular flexibility index (Phi) is 7.95. The Morgan fingerprint density at radius 1 is 0.949 bits per heavy atom. The number of H-pyrrole nitrogens is 1. The van der Waals surface area contributed by atoms with E-state index in [2.05, 4.69) is 16.4 Å². The molecule has 0 fully saturated rings. The second kappa shape index (κ2) is 11.7. The summed E-state index contributed by atoms with van der Waals surface area (Å²) in [6.45, 7) is 2.59. The minimum Gasteiger partial charge on any atom is -0.496 e. The Balaban J connectivity index is 1.43. The molecule has 3 aromatic carbocycles. The first kappa shape index (κ1) is 26.5. The van der Waals surface area contributed by atoms with Crippen molar-refractivity contribution in [3.8, 4) is 5.75 Å². The topological polar surface area (TPSA) is 98.9 Å². The van der Waals surface area contributed by atoms with Gasteiger partial charge in [0.05, 0.1) is 45.6 Å². The monoisotopic (exact) mass is 528 g/mol. The molecular formula is C31H32N2O6. The molecule has 8 heteroatoms. The summed E-state index contributed by atoms with van der Waals surface area (Å²) in [4.78, 5) is 28.5. The van der Waals surface area contributed by atoms with E-state index in [9.17, 15) is 9.59 Å². The number of hydrogen-bond acceptors (Lipinski definition) is 7. The van der Waals surface area contributed by atoms with Crippen LogP contribution in [-0.4, -0.2) is 43.8 Å². The molecule has 0 bridgehead atoms. The maximum absolute atomic E-state index is 12.6. The van der Waals surface area contributed by atoms with E-state index in [1.807, 2.05) is 48.5 Å². The summed E-state index contributed by atoms with van der Waals surface area (Å²) in [5.74, 6) is 0.0249. The Bertz CT molecular complexity index is 1490. The van der Waals surface area contributed by atoms with E-state index in [4.69, 9.17) is 18.9 Å². The van der Waals surface area contributed by atoms with Crippen molar-refractivity contribution in [2.75, 3.05) is 20.8 Å². The van der Waals surface area contributed by atoms with Gasteiger partial charge in [0.15, 0.2) is 0 Å². The number of methoxy groups -OCH3 is 2. The lowest BCUT2D eigenvalue weighted by Crippen LogP contribution is -2.45. The molecule has 2 N–H and O–H groups in total. The Hall–Kier alpha value is -4.14. The summed E-state index contributed by atoms with van der Waals surface area (Å²) < 4.78 is 22.0. The van der Waals surface area contributed by atoms with Gasteiger partial charge in [0.2, 0.25) is 0 Å². The third kappa shape index (κ3) is 5.39. The van der Waals surface area contributed by atoms with Crippen molar-refractivity contribution >= 4 is 22.8 Å². The van der Waals surface area contributed by atoms with Crippen molar-refractivity contribution < 1.29 is 28.5 Å². The molecule has 39 heavy (non-hydrogen) atoms. The number of benzene rings is 3. The SMILES string of the molecule is CCOC(=O)c1ccccc1COCc1cc([C@@H]2N[C@H](C(=O)OC)Cc3c2[nH]c2ccccc32)ccc1OC. The minimum absolute atomic E-state index is 0.237. The van der Waals surface area contributed by atoms with E-state index in [0.717, 1.165) is 38.9 Å². The summed E-state index contributed by atoms with van der Waals surface area (Å²) >= 11 is 0. The van der Waals surface area contributed by atoms with Crippen LogP contribution >= 0.6 is 0 Å². The maximum Gasteiger partial charge on any atom is 0.338 e. The van der Waals surface area contributed by atoms with Gasteiger partial charge in [0.1, 0.15) is 11.8 Å². The first-order valence-corrected chi connectivity index (χ1v) is 13.0. The number of aromatic amines is 1. The number of ether oxygens (including phenoxy) is 4. The predicted molar refractivity (Wildman–Crippen MR) is 147 cm³/mol. The van der Waals surface area contributed by atoms with Gasteiger partial charge >= 0.3 is 11.9 Å². The van der Waals surface area contributed by atoms with Gasteiger partial charge in [-0.15, -0.1) is 0 Å². The number of aromatic nitrogens is 1. The van der Waals surface area contributed by atoms with Gasteiger partial charge in [0, 0.05) is 28.6 Å². The maximum atomic E-state index is 12.6. The molecule has 0 unspecified atom stereocenters. The zero-order chi connectivity index (χ0) is 27.4. The molecule has 2 atom stereocenters. The van der Waals surface area contributed by atoms with Crippen molar-refractivity contribution in [2.45, 2.75) is 38.6 Å². The van der Waals surface area contributed by atoms with Crippen LogP contribution in [-0.2, 0) is 38.6 Å². The second-order valence-corrected chi connectivity index (χ2v) is 9.38. The lowest BCUT2D eigenvalue weighted by molar-refractivity contribution is -0.143. The number of esters is 2. The molecule has 1 aliphatic heterocycles. The average Bonchev–Trinajstić information content (AvgIpc) is 3.35. The Labute approximate surface area is 227 Å². The van der Waals surface area contributed by atoms with Crippen LogP contribution in [0.4, 0.5) is 0 Å². The fraction of sp³-hybridized carbons (Fsp3) is 0.290. The van der Waals surface area contributed by atoms with Crippen LogP contribution in [0, 0.1) is 0 Å². The van der Waals surface area contributed by atoms with E-state index in [1.165, 1.54) is 7.11 Å². The zero-order valence-corrected chi connectivity index (χ0v) is 22.3. The van der Waals surface area contributed by atoms with Crippen LogP contribution < -0.4 is 10.1 Å². The molecule has 0 saturated heterocycles. The Morgan fingerprint density at radius 3 is 2.51 bits per heavy atom. The largest absolute Gasteiger partial charge is 0.496 e. The van der Waals surface area contributed by atoms with Gasteiger partial charge < -0.3 is 23.9 Å². The molecule has 8 nitrogen and oxygen atoms in total. The fourth-order valence-electron chi connectivity index (χ4n) is 5.21. The number of rotatable bonds is 9. The lowest BCUT2D eigenvalue weighted by Gasteiger charge is -2.30. The predicted octanol–water partition coefficient (Wildman–Crippen LogP) is 4.85. The first-order chi connectivity index (χ1) is 19.0. The van der Waals surface area contributed by atoms with Gasteiger partial charge in [-0.2, -0.15) is 0 Å². The van der Waals surface area contributed by atoms with Crippen LogP contribution in [0.3, 0.4) is 0 Å². The van der Waals surface area contributed by atoms with E-state index in [0.29, 0.717) is 24.3 Å². The van der Waals surface area contributed by atoms with Gasteiger partial charge in [-0.05, 0) is 47.9 Å². The third-order valence-electron chi connectivity index (χ3n) is 7.06. The minimum atomic E-state index is -0.479. The fourth-order valence-corrected chi connectivity index (χ4v) is 5.21. The number of carbonyl (C=O) groups is 2. The zero-order valence-electron chi connectivity index (χ0n) is 22.3. The highest BCUT2D eigenvalue weighted by atomic mass is 16.5. The quantitative estimate of drug-likeness (QED) is 0.300. The van der Waals surface area contributed by atoms with E-state index in [-0.39, 0.29) is 31.2 Å². The van der Waals surface area contributed by atoms with Crippen LogP contribution in [0.5, 0.6) is 5.75 Å². The van der Waals surface area contributed by atoms with Crippen molar-refractivity contribution in [3.63, 3.8) is 0 Å². The molecule has 0 radical (unpaired) electrons. The van der Waals surface area contributed by atoms with Gasteiger partial charge in [0.25, 0.3) is 0 Å². The van der Waals surface area contributed by atoms with Crippen LogP contribution in [0.2, 0.25) is 0 Å². The van der Waals surface area contributed by atoms with Gasteiger partial charge in [-0.1, -0.05) is 42.5 Å². The summed E-state index contributed by atoms with van der Waals surface area (Å²) in [5, 5.41) is 4.58. The summed E-state index contributed by atoms with van der Waals surface area (Å²) in [5.41, 5.74) is 6.21. The highest BCUT2D eigenvalue weighted by molar-refractivity contribution is 5.91. The molecule has 0 amide bonds. The third-order valence-corrected chi connectivity index (χ3v) is 7.06. The molecule has 0 saturated carbocycles. The highest BCUT2D eigenvalue weighted by Crippen LogP contribution is 2.37. The molecule has 0 spiro atoms. The van der Waals surface area contributed by atoms with Crippen molar-refractivity contribution in [3.05, 3.63) is 100 Å². The lowest BCUT2D eigenvalue weighted by atomic mass is 9.89. The molecule has 1 aliphatic rings. The standard InChI is InChI=1S/C31H32N2O6/c1-4-39-30(34)22-10-6-5-9-20(22)17-38-18-21-15-19(13-14-27(21)36-2)28-29-24(16-26(33-28)31(35)37-3)23-11-7-8-12-25(23)32-29/h5-15,26,28,32-33H,4,16-18H2,1-3H3/t26-,28-/m0/s1. The Morgan fingerprint density at radius 2 is 1.72 bits per heavy atom. The number of para-hydroxylation sites is 1. The van der Waals surface area contributed by atoms with E-state index < -0.39 is 6.04 Å². The van der Waals surface area contributed by atoms with Crippen molar-refractivity contribution in [1.29, 1.82) is 0 Å².